The summed E-state index contributed by atoms with van der Waals surface area (Å²) in [6.07, 6.45) is 5.10. The number of carbonyl (C=O) groups is 1. The van der Waals surface area contributed by atoms with E-state index in [1.165, 1.54) is 13.2 Å². The quantitative estimate of drug-likeness (QED) is 0.323. The molecule has 2 rings (SSSR count). The molecule has 0 aliphatic carbocycles. The molecule has 6 heteroatoms. The Balaban J connectivity index is 2.30. The van der Waals surface area contributed by atoms with Gasteiger partial charge in [-0.3, -0.25) is 0 Å². The summed E-state index contributed by atoms with van der Waals surface area (Å²) in [4.78, 5) is 11.3. The Kier molecular flexibility index (Phi) is 6.53. The molecule has 0 radical (unpaired) electrons. The van der Waals surface area contributed by atoms with Crippen LogP contribution in [0.4, 0.5) is 0 Å². The van der Waals surface area contributed by atoms with E-state index in [-0.39, 0.29) is 0 Å². The minimum Gasteiger partial charge on any atom is -0.494 e. The van der Waals surface area contributed by atoms with Crippen molar-refractivity contribution in [3.63, 3.8) is 0 Å². The van der Waals surface area contributed by atoms with Crippen molar-refractivity contribution < 1.29 is 23.6 Å². The first-order valence-electron chi connectivity index (χ1n) is 9.08. The highest BCUT2D eigenvalue weighted by Crippen LogP contribution is 2.37. The summed E-state index contributed by atoms with van der Waals surface area (Å²) < 4.78 is 22.9. The lowest BCUT2D eigenvalue weighted by atomic mass is 9.78. The van der Waals surface area contributed by atoms with E-state index >= 15 is 0 Å². The zero-order valence-corrected chi connectivity index (χ0v) is 16.6. The third kappa shape index (κ3) is 4.68. The fourth-order valence-corrected chi connectivity index (χ4v) is 2.50. The summed E-state index contributed by atoms with van der Waals surface area (Å²) in [6, 6.07) is 5.74. The van der Waals surface area contributed by atoms with E-state index in [2.05, 4.69) is 11.7 Å². The van der Waals surface area contributed by atoms with E-state index in [1.807, 2.05) is 45.9 Å². The molecular weight excluding hydrogens is 331 g/mol. The van der Waals surface area contributed by atoms with E-state index in [0.29, 0.717) is 12.4 Å². The largest absolute Gasteiger partial charge is 0.498 e. The number of methoxy groups -OCH3 is 1. The second-order valence-corrected chi connectivity index (χ2v) is 7.44. The van der Waals surface area contributed by atoms with E-state index < -0.39 is 24.3 Å². The van der Waals surface area contributed by atoms with Crippen molar-refractivity contribution in [2.75, 3.05) is 13.7 Å². The van der Waals surface area contributed by atoms with Gasteiger partial charge in [0.2, 0.25) is 0 Å². The van der Waals surface area contributed by atoms with Gasteiger partial charge in [-0.25, -0.2) is 4.79 Å². The number of esters is 1. The molecule has 0 aromatic heterocycles. The van der Waals surface area contributed by atoms with Crippen LogP contribution in [0.15, 0.2) is 24.3 Å². The van der Waals surface area contributed by atoms with Gasteiger partial charge in [-0.2, -0.15) is 0 Å². The molecule has 26 heavy (non-hydrogen) atoms. The van der Waals surface area contributed by atoms with E-state index in [0.717, 1.165) is 23.9 Å². The average Bonchev–Trinajstić information content (AvgIpc) is 2.80. The third-order valence-corrected chi connectivity index (χ3v) is 4.91. The van der Waals surface area contributed by atoms with Gasteiger partial charge in [0.15, 0.2) is 0 Å². The summed E-state index contributed by atoms with van der Waals surface area (Å²) >= 11 is 0. The normalized spacial score (nSPS) is 18.3. The second kappa shape index (κ2) is 8.27. The summed E-state index contributed by atoms with van der Waals surface area (Å²) in [6.45, 7) is 10.8. The topological polar surface area (TPSA) is 54.0 Å². The molecule has 5 nitrogen and oxygen atoms in total. The Labute approximate surface area is 156 Å². The lowest BCUT2D eigenvalue weighted by Gasteiger charge is -2.32. The maximum atomic E-state index is 11.3. The second-order valence-electron chi connectivity index (χ2n) is 7.44. The molecule has 0 N–H and O–H groups in total. The van der Waals surface area contributed by atoms with Crippen LogP contribution in [-0.2, 0) is 18.8 Å². The highest BCUT2D eigenvalue weighted by Gasteiger charge is 2.52. The highest BCUT2D eigenvalue weighted by atomic mass is 16.7. The molecule has 0 saturated carbocycles. The van der Waals surface area contributed by atoms with Gasteiger partial charge in [0.05, 0.1) is 24.9 Å². The summed E-state index contributed by atoms with van der Waals surface area (Å²) in [5, 5.41) is 0. The molecule has 1 aromatic carbocycles. The van der Waals surface area contributed by atoms with Crippen LogP contribution in [0.3, 0.4) is 0 Å². The van der Waals surface area contributed by atoms with Crippen LogP contribution in [0, 0.1) is 0 Å². The molecule has 0 spiro atoms. The molecule has 0 unspecified atom stereocenters. The zero-order chi connectivity index (χ0) is 19.4. The molecule has 1 heterocycles. The highest BCUT2D eigenvalue weighted by molar-refractivity contribution is 6.63. The minimum atomic E-state index is -0.490. The van der Waals surface area contributed by atoms with E-state index in [1.54, 1.807) is 6.08 Å². The van der Waals surface area contributed by atoms with Crippen LogP contribution in [0.25, 0.3) is 6.08 Å². The SMILES string of the molecule is CCCCOc1cc(C=CC(=O)OC)ccc1B1OC(C)(C)C(C)(C)O1. The Bertz CT molecular complexity index is 650. The molecule has 0 atom stereocenters. The van der Waals surface area contributed by atoms with Crippen molar-refractivity contribution in [2.45, 2.75) is 58.7 Å². The number of rotatable bonds is 7. The molecule has 1 saturated heterocycles. The van der Waals surface area contributed by atoms with Gasteiger partial charge >= 0.3 is 13.1 Å². The van der Waals surface area contributed by atoms with Crippen LogP contribution >= 0.6 is 0 Å². The summed E-state index contributed by atoms with van der Waals surface area (Å²) in [7, 11) is 0.864. The van der Waals surface area contributed by atoms with Gasteiger partial charge in [0.25, 0.3) is 0 Å². The van der Waals surface area contributed by atoms with Crippen molar-refractivity contribution in [1.82, 2.24) is 0 Å². The standard InChI is InChI=1S/C20H29BO5/c1-7-8-13-24-17-14-15(10-12-18(22)23-6)9-11-16(17)21-25-19(2,3)20(4,5)26-21/h9-12,14H,7-8,13H2,1-6H3. The third-order valence-electron chi connectivity index (χ3n) is 4.91. The van der Waals surface area contributed by atoms with Crippen molar-refractivity contribution >= 4 is 24.6 Å². The summed E-state index contributed by atoms with van der Waals surface area (Å²) in [5.41, 5.74) is 0.876. The number of benzene rings is 1. The molecule has 0 amide bonds. The van der Waals surface area contributed by atoms with E-state index in [4.69, 9.17) is 14.0 Å². The predicted octanol–water partition coefficient (Wildman–Crippen LogP) is 3.35. The minimum absolute atomic E-state index is 0.395. The van der Waals surface area contributed by atoms with Crippen molar-refractivity contribution in [3.05, 3.63) is 29.8 Å². The maximum absolute atomic E-state index is 11.3. The van der Waals surface area contributed by atoms with Gasteiger partial charge < -0.3 is 18.8 Å². The van der Waals surface area contributed by atoms with Crippen LogP contribution in [0.1, 0.15) is 53.0 Å². The number of hydrogen-bond donors (Lipinski definition) is 0. The molecule has 142 valence electrons. The first-order chi connectivity index (χ1) is 12.2. The first kappa shape index (κ1) is 20.5. The molecule has 1 aromatic rings. The molecule has 1 aliphatic heterocycles. The first-order valence-corrected chi connectivity index (χ1v) is 9.08. The fourth-order valence-electron chi connectivity index (χ4n) is 2.50. The lowest BCUT2D eigenvalue weighted by Crippen LogP contribution is -2.41. The number of ether oxygens (including phenoxy) is 2. The lowest BCUT2D eigenvalue weighted by molar-refractivity contribution is -0.134. The number of carbonyl (C=O) groups excluding carboxylic acids is 1. The maximum Gasteiger partial charge on any atom is 0.498 e. The monoisotopic (exact) mass is 360 g/mol. The van der Waals surface area contributed by atoms with Gasteiger partial charge in [-0.1, -0.05) is 25.5 Å². The fraction of sp³-hybridized carbons (Fsp3) is 0.550. The van der Waals surface area contributed by atoms with Crippen molar-refractivity contribution in [3.8, 4) is 5.75 Å². The molecular formula is C20H29BO5. The van der Waals surface area contributed by atoms with Gasteiger partial charge in [0, 0.05) is 11.5 Å². The van der Waals surface area contributed by atoms with E-state index in [9.17, 15) is 4.79 Å². The van der Waals surface area contributed by atoms with Crippen LogP contribution < -0.4 is 10.2 Å². The van der Waals surface area contributed by atoms with Gasteiger partial charge in [-0.05, 0) is 51.8 Å². The van der Waals surface area contributed by atoms with Crippen LogP contribution in [-0.4, -0.2) is 38.0 Å². The Hall–Kier alpha value is -1.79. The van der Waals surface area contributed by atoms with Crippen LogP contribution in [0.2, 0.25) is 0 Å². The Morgan fingerprint density at radius 1 is 1.19 bits per heavy atom. The Morgan fingerprint density at radius 3 is 2.42 bits per heavy atom. The van der Waals surface area contributed by atoms with Gasteiger partial charge in [0.1, 0.15) is 5.75 Å². The predicted molar refractivity (Wildman–Crippen MR) is 104 cm³/mol. The number of hydrogen-bond acceptors (Lipinski definition) is 5. The average molecular weight is 360 g/mol. The summed E-state index contributed by atoms with van der Waals surface area (Å²) in [5.74, 6) is 0.317. The number of unbranched alkanes of at least 4 members (excludes halogenated alkanes) is 1. The molecule has 1 fully saturated rings. The van der Waals surface area contributed by atoms with Crippen molar-refractivity contribution in [1.29, 1.82) is 0 Å². The van der Waals surface area contributed by atoms with Crippen LogP contribution in [0.5, 0.6) is 5.75 Å². The van der Waals surface area contributed by atoms with Crippen molar-refractivity contribution in [2.24, 2.45) is 0 Å². The molecule has 1 aliphatic rings. The molecule has 0 bridgehead atoms. The Morgan fingerprint density at radius 2 is 1.85 bits per heavy atom. The smallest absolute Gasteiger partial charge is 0.494 e. The zero-order valence-electron chi connectivity index (χ0n) is 16.6. The van der Waals surface area contributed by atoms with Gasteiger partial charge in [-0.15, -0.1) is 0 Å².